The predicted octanol–water partition coefficient (Wildman–Crippen LogP) is 3.16. The molecule has 7 nitrogen and oxygen atoms in total. The number of hydrogen-bond acceptors (Lipinski definition) is 7. The smallest absolute Gasteiger partial charge is 0.253 e. The fourth-order valence-electron chi connectivity index (χ4n) is 3.15. The molecule has 27 heavy (non-hydrogen) atoms. The maximum Gasteiger partial charge on any atom is 0.253 e. The highest BCUT2D eigenvalue weighted by Crippen LogP contribution is 2.33. The molecule has 0 aliphatic carbocycles. The zero-order chi connectivity index (χ0) is 19.0. The molecule has 1 aliphatic heterocycles. The fourth-order valence-corrected chi connectivity index (χ4v) is 6.81. The zero-order valence-corrected chi connectivity index (χ0v) is 16.9. The van der Waals surface area contributed by atoms with Crippen molar-refractivity contribution < 1.29 is 17.9 Å². The molecular formula is C17H17N3O4S3. The highest BCUT2D eigenvalue weighted by Gasteiger charge is 2.40. The Hall–Kier alpha value is -2.01. The third kappa shape index (κ3) is 3.33. The number of thiophene rings is 1. The number of fused-ring (bicyclic) bond motifs is 1. The molecule has 1 amide bonds. The van der Waals surface area contributed by atoms with Gasteiger partial charge >= 0.3 is 0 Å². The molecule has 1 unspecified atom stereocenters. The van der Waals surface area contributed by atoms with Crippen LogP contribution in [0.4, 0.5) is 5.13 Å². The second kappa shape index (κ2) is 7.19. The van der Waals surface area contributed by atoms with Gasteiger partial charge in [0.15, 0.2) is 5.13 Å². The van der Waals surface area contributed by atoms with Gasteiger partial charge in [0.25, 0.3) is 10.0 Å². The maximum atomic E-state index is 12.8. The van der Waals surface area contributed by atoms with Crippen molar-refractivity contribution in [1.82, 2.24) is 9.29 Å². The lowest BCUT2D eigenvalue weighted by Gasteiger charge is -2.22. The molecule has 0 bridgehead atoms. The van der Waals surface area contributed by atoms with Crippen LogP contribution in [-0.4, -0.2) is 43.3 Å². The normalized spacial score (nSPS) is 18.0. The van der Waals surface area contributed by atoms with Crippen LogP contribution in [0.2, 0.25) is 0 Å². The molecule has 1 fully saturated rings. The summed E-state index contributed by atoms with van der Waals surface area (Å²) in [5.41, 5.74) is 0.676. The van der Waals surface area contributed by atoms with Crippen LogP contribution in [0.1, 0.15) is 12.8 Å². The Morgan fingerprint density at radius 3 is 2.93 bits per heavy atom. The van der Waals surface area contributed by atoms with E-state index in [1.165, 1.54) is 15.6 Å². The van der Waals surface area contributed by atoms with Gasteiger partial charge in [0.2, 0.25) is 5.91 Å². The number of rotatable bonds is 5. The number of nitrogens with zero attached hydrogens (tertiary/aromatic N) is 2. The summed E-state index contributed by atoms with van der Waals surface area (Å²) in [6.07, 6.45) is 1.14. The summed E-state index contributed by atoms with van der Waals surface area (Å²) in [7, 11) is -2.10. The monoisotopic (exact) mass is 423 g/mol. The summed E-state index contributed by atoms with van der Waals surface area (Å²) in [4.78, 5) is 17.2. The number of carbonyl (C=O) groups is 1. The molecule has 142 valence electrons. The fraction of sp³-hybridized carbons (Fsp3) is 0.294. The molecule has 0 saturated carbocycles. The van der Waals surface area contributed by atoms with Gasteiger partial charge in [-0.15, -0.1) is 11.3 Å². The van der Waals surface area contributed by atoms with Crippen LogP contribution < -0.4 is 10.1 Å². The van der Waals surface area contributed by atoms with Crippen molar-refractivity contribution in [2.75, 3.05) is 19.0 Å². The molecule has 1 atom stereocenters. The van der Waals surface area contributed by atoms with Crippen molar-refractivity contribution in [3.05, 3.63) is 35.7 Å². The van der Waals surface area contributed by atoms with Crippen molar-refractivity contribution in [2.24, 2.45) is 0 Å². The molecule has 10 heteroatoms. The Kier molecular flexibility index (Phi) is 4.89. The summed E-state index contributed by atoms with van der Waals surface area (Å²) in [6, 6.07) is 8.08. The van der Waals surface area contributed by atoms with E-state index in [9.17, 15) is 13.2 Å². The van der Waals surface area contributed by atoms with E-state index in [0.717, 1.165) is 16.0 Å². The van der Waals surface area contributed by atoms with Gasteiger partial charge in [0.1, 0.15) is 21.5 Å². The topological polar surface area (TPSA) is 88.6 Å². The number of thiazole rings is 1. The molecule has 1 aromatic carbocycles. The average molecular weight is 424 g/mol. The summed E-state index contributed by atoms with van der Waals surface area (Å²) >= 11 is 2.49. The lowest BCUT2D eigenvalue weighted by atomic mass is 10.2. The Morgan fingerprint density at radius 1 is 1.33 bits per heavy atom. The van der Waals surface area contributed by atoms with E-state index in [0.29, 0.717) is 35.8 Å². The van der Waals surface area contributed by atoms with Gasteiger partial charge in [-0.2, -0.15) is 4.31 Å². The van der Waals surface area contributed by atoms with Gasteiger partial charge < -0.3 is 10.1 Å². The first-order chi connectivity index (χ1) is 13.0. The molecule has 2 aromatic heterocycles. The quantitative estimate of drug-likeness (QED) is 0.681. The van der Waals surface area contributed by atoms with E-state index in [1.807, 2.05) is 12.1 Å². The molecule has 0 radical (unpaired) electrons. The molecule has 3 aromatic rings. The number of nitrogens with one attached hydrogen (secondary N) is 1. The first-order valence-corrected chi connectivity index (χ1v) is 11.4. The lowest BCUT2D eigenvalue weighted by Crippen LogP contribution is -2.42. The van der Waals surface area contributed by atoms with Crippen molar-refractivity contribution in [3.63, 3.8) is 0 Å². The molecule has 1 saturated heterocycles. The number of amides is 1. The van der Waals surface area contributed by atoms with Gasteiger partial charge in [0.05, 0.1) is 11.8 Å². The minimum atomic E-state index is -3.66. The minimum Gasteiger partial charge on any atom is -0.494 e. The number of aromatic nitrogens is 1. The molecule has 1 N–H and O–H groups in total. The van der Waals surface area contributed by atoms with Gasteiger partial charge in [-0.3, -0.25) is 4.79 Å². The van der Waals surface area contributed by atoms with E-state index in [1.54, 1.807) is 30.7 Å². The standard InChI is InChI=1S/C17H17N3O4S3/c1-24-12-6-2-7-13-15(12)18-17(26-13)19-16(21)11-5-3-9-20(11)27(22,23)14-8-4-10-25-14/h2,4,6-8,10-11H,3,5,9H2,1H3,(H,18,19,21). The van der Waals surface area contributed by atoms with E-state index < -0.39 is 16.1 Å². The van der Waals surface area contributed by atoms with Gasteiger partial charge in [-0.25, -0.2) is 13.4 Å². The van der Waals surface area contributed by atoms with Crippen molar-refractivity contribution in [3.8, 4) is 5.75 Å². The first kappa shape index (κ1) is 18.4. The highest BCUT2D eigenvalue weighted by molar-refractivity contribution is 7.91. The Bertz CT molecular complexity index is 1080. The number of para-hydroxylation sites is 1. The summed E-state index contributed by atoms with van der Waals surface area (Å²) in [6.45, 7) is 0.339. The van der Waals surface area contributed by atoms with E-state index >= 15 is 0 Å². The second-order valence-electron chi connectivity index (χ2n) is 6.02. The summed E-state index contributed by atoms with van der Waals surface area (Å²) in [5.74, 6) is 0.276. The van der Waals surface area contributed by atoms with Crippen LogP contribution in [0.5, 0.6) is 5.75 Å². The highest BCUT2D eigenvalue weighted by atomic mass is 32.2. The third-order valence-electron chi connectivity index (χ3n) is 4.40. The molecule has 0 spiro atoms. The lowest BCUT2D eigenvalue weighted by molar-refractivity contribution is -0.119. The molecule has 1 aliphatic rings. The van der Waals surface area contributed by atoms with Crippen LogP contribution in [-0.2, 0) is 14.8 Å². The summed E-state index contributed by atoms with van der Waals surface area (Å²) < 4.78 is 33.4. The average Bonchev–Trinajstić information content (AvgIpc) is 3.40. The Morgan fingerprint density at radius 2 is 2.19 bits per heavy atom. The largest absolute Gasteiger partial charge is 0.494 e. The van der Waals surface area contributed by atoms with Gasteiger partial charge in [0, 0.05) is 6.54 Å². The summed E-state index contributed by atoms with van der Waals surface area (Å²) in [5, 5.41) is 4.93. The Labute approximate surface area is 164 Å². The number of sulfonamides is 1. The molecule has 3 heterocycles. The van der Waals surface area contributed by atoms with Crippen LogP contribution in [0.3, 0.4) is 0 Å². The van der Waals surface area contributed by atoms with Gasteiger partial charge in [-0.1, -0.05) is 23.5 Å². The van der Waals surface area contributed by atoms with Crippen molar-refractivity contribution in [1.29, 1.82) is 0 Å². The van der Waals surface area contributed by atoms with Gasteiger partial charge in [-0.05, 0) is 36.4 Å². The van der Waals surface area contributed by atoms with Crippen LogP contribution in [0, 0.1) is 0 Å². The van der Waals surface area contributed by atoms with E-state index in [2.05, 4.69) is 10.3 Å². The van der Waals surface area contributed by atoms with Crippen molar-refractivity contribution >= 4 is 54.0 Å². The minimum absolute atomic E-state index is 0.256. The number of anilines is 1. The van der Waals surface area contributed by atoms with Crippen molar-refractivity contribution in [2.45, 2.75) is 23.1 Å². The molecule has 4 rings (SSSR count). The van der Waals surface area contributed by atoms with Crippen LogP contribution >= 0.6 is 22.7 Å². The number of methoxy groups -OCH3 is 1. The van der Waals surface area contributed by atoms with Crippen LogP contribution in [0.15, 0.2) is 39.9 Å². The number of hydrogen-bond donors (Lipinski definition) is 1. The SMILES string of the molecule is COc1cccc2sc(NC(=O)C3CCCN3S(=O)(=O)c3cccs3)nc12. The maximum absolute atomic E-state index is 12.8. The van der Waals surface area contributed by atoms with E-state index in [-0.39, 0.29) is 10.1 Å². The second-order valence-corrected chi connectivity index (χ2v) is 10.1. The van der Waals surface area contributed by atoms with E-state index in [4.69, 9.17) is 4.74 Å². The number of benzene rings is 1. The predicted molar refractivity (Wildman–Crippen MR) is 106 cm³/mol. The third-order valence-corrected chi connectivity index (χ3v) is 8.61. The first-order valence-electron chi connectivity index (χ1n) is 8.30. The molecular weight excluding hydrogens is 406 g/mol. The Balaban J connectivity index is 1.57. The number of carbonyl (C=O) groups excluding carboxylic acids is 1. The zero-order valence-electron chi connectivity index (χ0n) is 14.4. The van der Waals surface area contributed by atoms with Crippen LogP contribution in [0.25, 0.3) is 10.2 Å². The number of ether oxygens (including phenoxy) is 1.